The van der Waals surface area contributed by atoms with Crippen LogP contribution < -0.4 is 0 Å². The molecule has 0 unspecified atom stereocenters. The predicted octanol–water partition coefficient (Wildman–Crippen LogP) is 11.2. The second kappa shape index (κ2) is 12.2. The Morgan fingerprint density at radius 1 is 0.389 bits per heavy atom. The van der Waals surface area contributed by atoms with Gasteiger partial charge in [0.1, 0.15) is 0 Å². The van der Waals surface area contributed by atoms with E-state index in [4.69, 9.17) is 15.0 Å². The van der Waals surface area contributed by atoms with Crippen LogP contribution in [0.3, 0.4) is 0 Å². The fourth-order valence-corrected chi connectivity index (χ4v) is 13.4. The van der Waals surface area contributed by atoms with Gasteiger partial charge in [-0.15, -0.1) is 0 Å². The van der Waals surface area contributed by atoms with E-state index >= 15 is 0 Å². The third kappa shape index (κ3) is 5.42. The van der Waals surface area contributed by atoms with Gasteiger partial charge in [0, 0.05) is 16.7 Å². The van der Waals surface area contributed by atoms with Gasteiger partial charge in [0.05, 0.1) is 23.3 Å². The highest BCUT2D eigenvalue weighted by molar-refractivity contribution is 5.72. The number of hydrogen-bond donors (Lipinski definition) is 0. The molecule has 8 aliphatic carbocycles. The van der Waals surface area contributed by atoms with Gasteiger partial charge in [-0.25, -0.2) is 15.0 Å². The van der Waals surface area contributed by atoms with E-state index in [1.54, 1.807) is 6.07 Å². The number of aromatic nitrogens is 3. The van der Waals surface area contributed by atoms with E-state index in [1.807, 2.05) is 36.4 Å². The summed E-state index contributed by atoms with van der Waals surface area (Å²) >= 11 is 0. The minimum atomic E-state index is 0.351. The van der Waals surface area contributed by atoms with Crippen molar-refractivity contribution in [1.29, 1.82) is 10.5 Å². The van der Waals surface area contributed by atoms with E-state index in [1.165, 1.54) is 88.2 Å². The zero-order valence-electron chi connectivity index (χ0n) is 30.8. The molecule has 0 amide bonds. The highest BCUT2D eigenvalue weighted by atomic mass is 15.0. The second-order valence-corrected chi connectivity index (χ2v) is 18.5. The van der Waals surface area contributed by atoms with Crippen LogP contribution in [0.2, 0.25) is 0 Å². The Kier molecular flexibility index (Phi) is 7.30. The standard InChI is InChI=1S/C49H45N5/c50-28-36-19-37(29-51)21-42(20-36)38-1-3-39(4-2-38)45-52-46(40-5-9-43(10-6-40)48-22-30-13-31(23-48)15-32(14-30)24-48)54-47(53-45)41-7-11-44(12-8-41)49-25-33-16-34(26-49)18-35(17-33)27-49/h1-12,19-21,30-35H,13-18,22-27H2/t30-,31+,32-,33-,34+,35?,48?,49?. The van der Waals surface area contributed by atoms with Crippen molar-refractivity contribution in [2.45, 2.75) is 87.9 Å². The van der Waals surface area contributed by atoms with Crippen LogP contribution in [0.5, 0.6) is 0 Å². The number of hydrogen-bond acceptors (Lipinski definition) is 5. The zero-order valence-corrected chi connectivity index (χ0v) is 30.8. The predicted molar refractivity (Wildman–Crippen MR) is 211 cm³/mol. The lowest BCUT2D eigenvalue weighted by atomic mass is 9.48. The zero-order chi connectivity index (χ0) is 36.0. The molecule has 1 heterocycles. The molecule has 266 valence electrons. The van der Waals surface area contributed by atoms with Crippen molar-refractivity contribution in [3.05, 3.63) is 113 Å². The van der Waals surface area contributed by atoms with Crippen LogP contribution in [0.25, 0.3) is 45.3 Å². The van der Waals surface area contributed by atoms with Gasteiger partial charge >= 0.3 is 0 Å². The maximum atomic E-state index is 9.54. The monoisotopic (exact) mass is 703 g/mol. The summed E-state index contributed by atoms with van der Waals surface area (Å²) in [6.45, 7) is 0. The molecule has 8 aliphatic rings. The normalized spacial score (nSPS) is 31.3. The molecule has 8 saturated carbocycles. The van der Waals surface area contributed by atoms with Gasteiger partial charge in [-0.05, 0) is 164 Å². The van der Waals surface area contributed by atoms with Gasteiger partial charge in [0.15, 0.2) is 17.5 Å². The molecule has 0 spiro atoms. The van der Waals surface area contributed by atoms with E-state index in [2.05, 4.69) is 60.7 Å². The first-order chi connectivity index (χ1) is 26.4. The van der Waals surface area contributed by atoms with Crippen molar-refractivity contribution in [2.75, 3.05) is 0 Å². The van der Waals surface area contributed by atoms with Crippen LogP contribution in [0.4, 0.5) is 0 Å². The van der Waals surface area contributed by atoms with Crippen LogP contribution in [0, 0.1) is 58.2 Å². The molecule has 54 heavy (non-hydrogen) atoms. The van der Waals surface area contributed by atoms with Crippen LogP contribution in [-0.2, 0) is 10.8 Å². The summed E-state index contributed by atoms with van der Waals surface area (Å²) in [4.78, 5) is 15.4. The Morgan fingerprint density at radius 3 is 1.00 bits per heavy atom. The van der Waals surface area contributed by atoms with E-state index in [0.717, 1.165) is 63.3 Å². The quantitative estimate of drug-likeness (QED) is 0.176. The maximum absolute atomic E-state index is 9.54. The molecule has 5 nitrogen and oxygen atoms in total. The number of nitrogens with zero attached hydrogens (tertiary/aromatic N) is 5. The third-order valence-electron chi connectivity index (χ3n) is 14.9. The first kappa shape index (κ1) is 32.3. The van der Waals surface area contributed by atoms with Crippen LogP contribution >= 0.6 is 0 Å². The first-order valence-corrected chi connectivity index (χ1v) is 20.5. The van der Waals surface area contributed by atoms with Crippen LogP contribution in [-0.4, -0.2) is 15.0 Å². The van der Waals surface area contributed by atoms with Crippen molar-refractivity contribution >= 4 is 0 Å². The summed E-state index contributed by atoms with van der Waals surface area (Å²) in [5.41, 5.74) is 9.39. The second-order valence-electron chi connectivity index (χ2n) is 18.5. The van der Waals surface area contributed by atoms with Gasteiger partial charge in [0.25, 0.3) is 0 Å². The van der Waals surface area contributed by atoms with Crippen LogP contribution in [0.15, 0.2) is 91.0 Å². The summed E-state index contributed by atoms with van der Waals surface area (Å²) in [5.74, 6) is 7.50. The molecule has 0 aliphatic heterocycles. The summed E-state index contributed by atoms with van der Waals surface area (Å²) in [6, 6.07) is 36.3. The molecule has 8 fully saturated rings. The average Bonchev–Trinajstić information content (AvgIpc) is 3.19. The summed E-state index contributed by atoms with van der Waals surface area (Å²) in [7, 11) is 0. The molecule has 0 radical (unpaired) electrons. The lowest BCUT2D eigenvalue weighted by molar-refractivity contribution is -0.00530. The van der Waals surface area contributed by atoms with E-state index in [0.29, 0.717) is 39.4 Å². The lowest BCUT2D eigenvalue weighted by Crippen LogP contribution is -2.48. The first-order valence-electron chi connectivity index (χ1n) is 20.5. The highest BCUT2D eigenvalue weighted by Gasteiger charge is 2.52. The summed E-state index contributed by atoms with van der Waals surface area (Å²) in [6.07, 6.45) is 16.8. The van der Waals surface area contributed by atoms with Gasteiger partial charge in [-0.2, -0.15) is 10.5 Å². The SMILES string of the molecule is N#Cc1cc(C#N)cc(-c2ccc(-c3nc(-c4ccc(C56CC7C[C@H](C5)C[C@@H](C7)C6)cc4)nc(-c4ccc(C56C[C@H]7C[C@@H](C5)C[C@@H](C6)C7)cc4)n3)cc2)c1. The number of nitriles is 2. The molecule has 5 heteroatoms. The molecule has 8 bridgehead atoms. The minimum absolute atomic E-state index is 0.351. The summed E-state index contributed by atoms with van der Waals surface area (Å²) in [5, 5.41) is 19.1. The Hall–Kier alpha value is -5.13. The Bertz CT molecular complexity index is 2150. The van der Waals surface area contributed by atoms with Crippen molar-refractivity contribution in [3.63, 3.8) is 0 Å². The maximum Gasteiger partial charge on any atom is 0.164 e. The van der Waals surface area contributed by atoms with E-state index < -0.39 is 0 Å². The van der Waals surface area contributed by atoms with Crippen molar-refractivity contribution in [3.8, 4) is 57.4 Å². The van der Waals surface area contributed by atoms with Gasteiger partial charge in [-0.3, -0.25) is 0 Å². The summed E-state index contributed by atoms with van der Waals surface area (Å²) < 4.78 is 0. The smallest absolute Gasteiger partial charge is 0.164 e. The lowest BCUT2D eigenvalue weighted by Gasteiger charge is -2.57. The Labute approximate surface area is 318 Å². The fraction of sp³-hybridized carbons (Fsp3) is 0.408. The third-order valence-corrected chi connectivity index (χ3v) is 14.9. The largest absolute Gasteiger partial charge is 0.208 e. The molecule has 13 rings (SSSR count). The van der Waals surface area contributed by atoms with Gasteiger partial charge < -0.3 is 0 Å². The van der Waals surface area contributed by atoms with Crippen LogP contribution in [0.1, 0.15) is 99.3 Å². The van der Waals surface area contributed by atoms with E-state index in [-0.39, 0.29) is 0 Å². The topological polar surface area (TPSA) is 86.2 Å². The Morgan fingerprint density at radius 2 is 0.685 bits per heavy atom. The fourth-order valence-electron chi connectivity index (χ4n) is 13.4. The molecular formula is C49H45N5. The number of rotatable bonds is 6. The molecule has 1 aromatic heterocycles. The van der Waals surface area contributed by atoms with E-state index in [9.17, 15) is 10.5 Å². The molecule has 5 aromatic rings. The number of benzene rings is 4. The van der Waals surface area contributed by atoms with Gasteiger partial charge in [-0.1, -0.05) is 72.8 Å². The Balaban J connectivity index is 0.954. The molecular weight excluding hydrogens is 659 g/mol. The molecule has 0 atom stereocenters. The molecule has 0 saturated heterocycles. The average molecular weight is 704 g/mol. The van der Waals surface area contributed by atoms with Crippen molar-refractivity contribution in [2.24, 2.45) is 35.5 Å². The van der Waals surface area contributed by atoms with Gasteiger partial charge in [0.2, 0.25) is 0 Å². The van der Waals surface area contributed by atoms with Crippen molar-refractivity contribution in [1.82, 2.24) is 15.0 Å². The minimum Gasteiger partial charge on any atom is -0.208 e. The molecule has 4 aromatic carbocycles. The molecule has 0 N–H and O–H groups in total. The highest BCUT2D eigenvalue weighted by Crippen LogP contribution is 2.62. The van der Waals surface area contributed by atoms with Crippen molar-refractivity contribution < 1.29 is 0 Å².